The molecule has 1 fully saturated rings. The molecule has 3 N–H and O–H groups in total. The number of hydrogen-bond donors (Lipinski definition) is 2. The number of alkyl halides is 3. The molecule has 7 heteroatoms. The van der Waals surface area contributed by atoms with Gasteiger partial charge in [0.25, 0.3) is 5.91 Å². The summed E-state index contributed by atoms with van der Waals surface area (Å²) in [6, 6.07) is 3.48. The highest BCUT2D eigenvalue weighted by Gasteiger charge is 2.37. The van der Waals surface area contributed by atoms with Crippen LogP contribution in [0.15, 0.2) is 18.2 Å². The molecule has 21 heavy (non-hydrogen) atoms. The molecule has 0 aliphatic carbocycles. The third-order valence-electron chi connectivity index (χ3n) is 3.71. The fraction of sp³-hybridized carbons (Fsp3) is 0.500. The fourth-order valence-corrected chi connectivity index (χ4v) is 2.58. The zero-order valence-corrected chi connectivity index (χ0v) is 11.9. The number of hydrazine groups is 1. The number of amides is 1. The lowest BCUT2D eigenvalue weighted by Crippen LogP contribution is -2.31. The molecule has 1 saturated heterocycles. The molecule has 0 aromatic heterocycles. The van der Waals surface area contributed by atoms with Crippen LogP contribution in [0.2, 0.25) is 0 Å². The zero-order valence-electron chi connectivity index (χ0n) is 11.9. The van der Waals surface area contributed by atoms with Gasteiger partial charge in [-0.15, -0.1) is 0 Å². The lowest BCUT2D eigenvalue weighted by molar-refractivity contribution is -0.137. The van der Waals surface area contributed by atoms with Crippen LogP contribution in [0.4, 0.5) is 18.9 Å². The highest BCUT2D eigenvalue weighted by molar-refractivity contribution is 6.00. The molecule has 0 unspecified atom stereocenters. The van der Waals surface area contributed by atoms with Crippen molar-refractivity contribution in [3.63, 3.8) is 0 Å². The Hall–Kier alpha value is -1.76. The minimum absolute atomic E-state index is 0.0202. The van der Waals surface area contributed by atoms with Gasteiger partial charge in [0, 0.05) is 13.1 Å². The highest BCUT2D eigenvalue weighted by atomic mass is 19.4. The van der Waals surface area contributed by atoms with Crippen LogP contribution in [0, 0.1) is 5.41 Å². The first-order valence-corrected chi connectivity index (χ1v) is 6.62. The van der Waals surface area contributed by atoms with E-state index >= 15 is 0 Å². The first-order valence-electron chi connectivity index (χ1n) is 6.62. The molecule has 0 spiro atoms. The zero-order chi connectivity index (χ0) is 15.8. The van der Waals surface area contributed by atoms with E-state index in [2.05, 4.69) is 0 Å². The van der Waals surface area contributed by atoms with Gasteiger partial charge in [-0.1, -0.05) is 19.9 Å². The molecule has 4 nitrogen and oxygen atoms in total. The van der Waals surface area contributed by atoms with Crippen molar-refractivity contribution in [1.82, 2.24) is 4.90 Å². The summed E-state index contributed by atoms with van der Waals surface area (Å²) in [5.41, 5.74) is 0.646. The van der Waals surface area contributed by atoms with E-state index in [1.54, 1.807) is 4.90 Å². The molecule has 0 bridgehead atoms. The van der Waals surface area contributed by atoms with E-state index in [1.807, 2.05) is 19.3 Å². The quantitative estimate of drug-likeness (QED) is 0.652. The Morgan fingerprint density at radius 1 is 1.38 bits per heavy atom. The minimum Gasteiger partial charge on any atom is -0.338 e. The number of likely N-dealkylation sites (tertiary alicyclic amines) is 1. The van der Waals surface area contributed by atoms with Crippen LogP contribution in [0.5, 0.6) is 0 Å². The third-order valence-corrected chi connectivity index (χ3v) is 3.71. The van der Waals surface area contributed by atoms with Crippen molar-refractivity contribution in [3.05, 3.63) is 29.3 Å². The minimum atomic E-state index is -4.57. The smallest absolute Gasteiger partial charge is 0.338 e. The molecule has 116 valence electrons. The van der Waals surface area contributed by atoms with Gasteiger partial charge < -0.3 is 10.3 Å². The van der Waals surface area contributed by atoms with Crippen LogP contribution in [-0.4, -0.2) is 23.9 Å². The molecule has 1 aliphatic rings. The molecular formula is C14H18F3N3O. The van der Waals surface area contributed by atoms with Gasteiger partial charge in [-0.25, -0.2) is 0 Å². The second-order valence-corrected chi connectivity index (χ2v) is 6.01. The SMILES string of the molecule is CC1(C)CCN(C(=O)c2cccc(C(F)(F)F)c2NN)C1. The molecule has 0 atom stereocenters. The second-order valence-electron chi connectivity index (χ2n) is 6.01. The summed E-state index contributed by atoms with van der Waals surface area (Å²) in [4.78, 5) is 14.0. The van der Waals surface area contributed by atoms with E-state index in [9.17, 15) is 18.0 Å². The van der Waals surface area contributed by atoms with Crippen molar-refractivity contribution < 1.29 is 18.0 Å². The molecule has 1 aromatic rings. The number of rotatable bonds is 2. The topological polar surface area (TPSA) is 58.4 Å². The number of halogens is 3. The van der Waals surface area contributed by atoms with E-state index < -0.39 is 17.6 Å². The lowest BCUT2D eigenvalue weighted by Gasteiger charge is -2.22. The Balaban J connectivity index is 2.38. The average Bonchev–Trinajstić information content (AvgIpc) is 2.76. The van der Waals surface area contributed by atoms with Crippen LogP contribution >= 0.6 is 0 Å². The van der Waals surface area contributed by atoms with Crippen molar-refractivity contribution >= 4 is 11.6 Å². The maximum absolute atomic E-state index is 13.0. The number of nitrogens with one attached hydrogen (secondary N) is 1. The number of anilines is 1. The first-order chi connectivity index (χ1) is 9.65. The Bertz CT molecular complexity index is 555. The van der Waals surface area contributed by atoms with Gasteiger partial charge in [0.2, 0.25) is 0 Å². The summed E-state index contributed by atoms with van der Waals surface area (Å²) in [7, 11) is 0. The maximum atomic E-state index is 13.0. The Morgan fingerprint density at radius 3 is 2.52 bits per heavy atom. The summed E-state index contributed by atoms with van der Waals surface area (Å²) >= 11 is 0. The van der Waals surface area contributed by atoms with Crippen molar-refractivity contribution in [2.24, 2.45) is 11.3 Å². The summed E-state index contributed by atoms with van der Waals surface area (Å²) in [5.74, 6) is 4.79. The largest absolute Gasteiger partial charge is 0.418 e. The fourth-order valence-electron chi connectivity index (χ4n) is 2.58. The predicted octanol–water partition coefficient (Wildman–Crippen LogP) is 2.86. The number of nitrogens with two attached hydrogens (primary N) is 1. The highest BCUT2D eigenvalue weighted by Crippen LogP contribution is 2.37. The Morgan fingerprint density at radius 2 is 2.05 bits per heavy atom. The molecule has 0 saturated carbocycles. The van der Waals surface area contributed by atoms with Crippen LogP contribution in [-0.2, 0) is 6.18 Å². The van der Waals surface area contributed by atoms with E-state index in [4.69, 9.17) is 5.84 Å². The average molecular weight is 301 g/mol. The van der Waals surface area contributed by atoms with E-state index in [1.165, 1.54) is 12.1 Å². The molecule has 1 heterocycles. The summed E-state index contributed by atoms with van der Waals surface area (Å²) in [5, 5.41) is 0. The first kappa shape index (κ1) is 15.6. The normalized spacial score (nSPS) is 17.9. The number of benzene rings is 1. The van der Waals surface area contributed by atoms with Crippen LogP contribution in [0.3, 0.4) is 0 Å². The second kappa shape index (κ2) is 5.22. The Labute approximate surface area is 121 Å². The maximum Gasteiger partial charge on any atom is 0.418 e. The van der Waals surface area contributed by atoms with Gasteiger partial charge in [-0.2, -0.15) is 13.2 Å². The monoisotopic (exact) mass is 301 g/mol. The molecule has 1 aliphatic heterocycles. The van der Waals surface area contributed by atoms with Crippen LogP contribution in [0.1, 0.15) is 36.2 Å². The molecule has 1 amide bonds. The summed E-state index contributed by atoms with van der Waals surface area (Å²) < 4.78 is 38.9. The standard InChI is InChI=1S/C14H18F3N3O/c1-13(2)6-7-20(8-13)12(21)9-4-3-5-10(11(9)19-18)14(15,16)17/h3-5,19H,6-8,18H2,1-2H3. The number of carbonyl (C=O) groups excluding carboxylic acids is 1. The number of nitrogens with zero attached hydrogens (tertiary/aromatic N) is 1. The van der Waals surface area contributed by atoms with Gasteiger partial charge in [0.15, 0.2) is 0 Å². The number of carbonyl (C=O) groups is 1. The van der Waals surface area contributed by atoms with E-state index in [-0.39, 0.29) is 16.7 Å². The molecular weight excluding hydrogens is 283 g/mol. The van der Waals surface area contributed by atoms with Gasteiger partial charge >= 0.3 is 6.18 Å². The van der Waals surface area contributed by atoms with Crippen molar-refractivity contribution in [2.75, 3.05) is 18.5 Å². The third kappa shape index (κ3) is 3.12. The van der Waals surface area contributed by atoms with Gasteiger partial charge in [-0.3, -0.25) is 10.6 Å². The number of hydrogen-bond acceptors (Lipinski definition) is 3. The molecule has 0 radical (unpaired) electrons. The van der Waals surface area contributed by atoms with Crippen molar-refractivity contribution in [3.8, 4) is 0 Å². The summed E-state index contributed by atoms with van der Waals surface area (Å²) in [6.07, 6.45) is -3.74. The van der Waals surface area contributed by atoms with Gasteiger partial charge in [0.1, 0.15) is 0 Å². The van der Waals surface area contributed by atoms with Crippen LogP contribution < -0.4 is 11.3 Å². The Kier molecular flexibility index (Phi) is 3.88. The van der Waals surface area contributed by atoms with Crippen molar-refractivity contribution in [1.29, 1.82) is 0 Å². The lowest BCUT2D eigenvalue weighted by atomic mass is 9.93. The molecule has 2 rings (SSSR count). The van der Waals surface area contributed by atoms with Gasteiger partial charge in [0.05, 0.1) is 16.8 Å². The van der Waals surface area contributed by atoms with E-state index in [0.717, 1.165) is 12.5 Å². The molecule has 1 aromatic carbocycles. The predicted molar refractivity (Wildman–Crippen MR) is 73.6 cm³/mol. The van der Waals surface area contributed by atoms with E-state index in [0.29, 0.717) is 13.1 Å². The van der Waals surface area contributed by atoms with Gasteiger partial charge in [-0.05, 0) is 24.0 Å². The summed E-state index contributed by atoms with van der Waals surface area (Å²) in [6.45, 7) is 5.10. The van der Waals surface area contributed by atoms with Crippen LogP contribution in [0.25, 0.3) is 0 Å². The van der Waals surface area contributed by atoms with Crippen molar-refractivity contribution in [2.45, 2.75) is 26.4 Å². The number of para-hydroxylation sites is 1. The number of nitrogen functional groups attached to an aromatic ring is 1.